The maximum Gasteiger partial charge on any atom is 0.257 e. The highest BCUT2D eigenvalue weighted by Gasteiger charge is 2.07. The smallest absolute Gasteiger partial charge is 0.257 e. The van der Waals surface area contributed by atoms with Gasteiger partial charge in [-0.05, 0) is 24.3 Å². The summed E-state index contributed by atoms with van der Waals surface area (Å²) >= 11 is 0. The second-order valence-electron chi connectivity index (χ2n) is 4.07. The minimum absolute atomic E-state index is 0.261. The van der Waals surface area contributed by atoms with Gasteiger partial charge in [0.2, 0.25) is 5.95 Å². The van der Waals surface area contributed by atoms with Crippen LogP contribution >= 0.6 is 0 Å². The number of halogens is 1. The Balaban J connectivity index is 1.73. The summed E-state index contributed by atoms with van der Waals surface area (Å²) in [6, 6.07) is 5.85. The fourth-order valence-corrected chi connectivity index (χ4v) is 1.64. The summed E-state index contributed by atoms with van der Waals surface area (Å²) < 4.78 is 14.2. The molecule has 7 nitrogen and oxygen atoms in total. The summed E-state index contributed by atoms with van der Waals surface area (Å²) in [5, 5.41) is 6.59. The Morgan fingerprint density at radius 2 is 2.05 bits per heavy atom. The normalized spacial score (nSPS) is 10.3. The Morgan fingerprint density at radius 3 is 2.67 bits per heavy atom. The zero-order valence-corrected chi connectivity index (χ0v) is 10.6. The van der Waals surface area contributed by atoms with E-state index < -0.39 is 11.9 Å². The first-order chi connectivity index (χ1) is 10.2. The van der Waals surface area contributed by atoms with E-state index in [-0.39, 0.29) is 5.56 Å². The van der Waals surface area contributed by atoms with Gasteiger partial charge in [-0.2, -0.15) is 9.49 Å². The zero-order chi connectivity index (χ0) is 14.7. The van der Waals surface area contributed by atoms with E-state index in [1.165, 1.54) is 35.8 Å². The zero-order valence-electron chi connectivity index (χ0n) is 10.6. The van der Waals surface area contributed by atoms with Crippen LogP contribution in [0.15, 0.2) is 49.3 Å². The second kappa shape index (κ2) is 5.45. The van der Waals surface area contributed by atoms with E-state index in [0.29, 0.717) is 11.5 Å². The van der Waals surface area contributed by atoms with Gasteiger partial charge in [0.25, 0.3) is 5.91 Å². The summed E-state index contributed by atoms with van der Waals surface area (Å²) in [5.41, 5.74) is 0.768. The summed E-state index contributed by atoms with van der Waals surface area (Å²) in [7, 11) is 0. The van der Waals surface area contributed by atoms with Crippen LogP contribution in [0.2, 0.25) is 0 Å². The molecule has 104 valence electrons. The van der Waals surface area contributed by atoms with Crippen molar-refractivity contribution in [1.82, 2.24) is 24.7 Å². The van der Waals surface area contributed by atoms with E-state index in [0.717, 1.165) is 6.07 Å². The number of nitrogens with one attached hydrogen (secondary N) is 1. The van der Waals surface area contributed by atoms with Gasteiger partial charge in [0, 0.05) is 6.20 Å². The third-order valence-corrected chi connectivity index (χ3v) is 2.65. The van der Waals surface area contributed by atoms with Gasteiger partial charge in [-0.1, -0.05) is 0 Å². The first-order valence-corrected chi connectivity index (χ1v) is 5.96. The van der Waals surface area contributed by atoms with Crippen molar-refractivity contribution in [2.45, 2.75) is 0 Å². The van der Waals surface area contributed by atoms with Gasteiger partial charge >= 0.3 is 0 Å². The molecule has 8 heteroatoms. The van der Waals surface area contributed by atoms with Gasteiger partial charge in [0.1, 0.15) is 12.7 Å². The lowest BCUT2D eigenvalue weighted by Gasteiger charge is -2.05. The standard InChI is InChI=1S/C13H9FN6O/c14-11-3-1-9(5-16-11)13(21)19-10-2-4-12(17-6-10)20-8-15-7-18-20/h1-8H,(H,19,21). The third kappa shape index (κ3) is 2.89. The van der Waals surface area contributed by atoms with Crippen LogP contribution in [0.25, 0.3) is 5.82 Å². The van der Waals surface area contributed by atoms with E-state index in [4.69, 9.17) is 0 Å². The number of rotatable bonds is 3. The molecule has 3 heterocycles. The number of aromatic nitrogens is 5. The molecule has 0 radical (unpaired) electrons. The number of carbonyl (C=O) groups excluding carboxylic acids is 1. The van der Waals surface area contributed by atoms with Crippen LogP contribution in [0.1, 0.15) is 10.4 Å². The molecule has 0 unspecified atom stereocenters. The van der Waals surface area contributed by atoms with E-state index in [1.807, 2.05) is 0 Å². The Morgan fingerprint density at radius 1 is 1.14 bits per heavy atom. The summed E-state index contributed by atoms with van der Waals surface area (Å²) in [5.74, 6) is -0.447. The van der Waals surface area contributed by atoms with Crippen molar-refractivity contribution in [2.75, 3.05) is 5.32 Å². The number of amides is 1. The molecule has 0 aromatic carbocycles. The van der Waals surface area contributed by atoms with Gasteiger partial charge in [-0.3, -0.25) is 4.79 Å². The monoisotopic (exact) mass is 284 g/mol. The highest BCUT2D eigenvalue weighted by molar-refractivity contribution is 6.03. The van der Waals surface area contributed by atoms with Crippen LogP contribution in [0.4, 0.5) is 10.1 Å². The molecule has 3 aromatic rings. The van der Waals surface area contributed by atoms with E-state index >= 15 is 0 Å². The van der Waals surface area contributed by atoms with Crippen LogP contribution in [-0.4, -0.2) is 30.6 Å². The number of hydrogen-bond donors (Lipinski definition) is 1. The van der Waals surface area contributed by atoms with Crippen LogP contribution in [-0.2, 0) is 0 Å². The number of anilines is 1. The highest BCUT2D eigenvalue weighted by atomic mass is 19.1. The van der Waals surface area contributed by atoms with Crippen molar-refractivity contribution in [3.63, 3.8) is 0 Å². The van der Waals surface area contributed by atoms with Crippen LogP contribution in [0, 0.1) is 5.95 Å². The number of pyridine rings is 2. The molecule has 0 bridgehead atoms. The SMILES string of the molecule is O=C(Nc1ccc(-n2cncn2)nc1)c1ccc(F)nc1. The minimum Gasteiger partial charge on any atom is -0.321 e. The van der Waals surface area contributed by atoms with E-state index in [2.05, 4.69) is 25.4 Å². The quantitative estimate of drug-likeness (QED) is 0.736. The molecule has 0 atom stereocenters. The molecule has 1 N–H and O–H groups in total. The van der Waals surface area contributed by atoms with Crippen molar-refractivity contribution < 1.29 is 9.18 Å². The molecular formula is C13H9FN6O. The van der Waals surface area contributed by atoms with Crippen LogP contribution in [0.5, 0.6) is 0 Å². The lowest BCUT2D eigenvalue weighted by Crippen LogP contribution is -2.12. The van der Waals surface area contributed by atoms with E-state index in [9.17, 15) is 9.18 Å². The van der Waals surface area contributed by atoms with Crippen LogP contribution in [0.3, 0.4) is 0 Å². The summed E-state index contributed by atoms with van der Waals surface area (Å²) in [4.78, 5) is 23.3. The summed E-state index contributed by atoms with van der Waals surface area (Å²) in [6.07, 6.45) is 5.58. The molecular weight excluding hydrogens is 275 g/mol. The highest BCUT2D eigenvalue weighted by Crippen LogP contribution is 2.10. The van der Waals surface area contributed by atoms with Crippen molar-refractivity contribution in [2.24, 2.45) is 0 Å². The van der Waals surface area contributed by atoms with Gasteiger partial charge in [-0.25, -0.2) is 19.6 Å². The molecule has 0 saturated carbocycles. The molecule has 0 saturated heterocycles. The fourth-order valence-electron chi connectivity index (χ4n) is 1.64. The molecule has 3 rings (SSSR count). The molecule has 0 aliphatic carbocycles. The van der Waals surface area contributed by atoms with Crippen molar-refractivity contribution >= 4 is 11.6 Å². The predicted octanol–water partition coefficient (Wildman–Crippen LogP) is 1.45. The number of nitrogens with zero attached hydrogens (tertiary/aromatic N) is 5. The average molecular weight is 284 g/mol. The average Bonchev–Trinajstić information content (AvgIpc) is 3.03. The first-order valence-electron chi connectivity index (χ1n) is 5.96. The molecule has 0 spiro atoms. The predicted molar refractivity (Wildman–Crippen MR) is 71.3 cm³/mol. The lowest BCUT2D eigenvalue weighted by atomic mass is 10.2. The molecule has 0 aliphatic heterocycles. The van der Waals surface area contributed by atoms with Gasteiger partial charge in [0.05, 0.1) is 17.4 Å². The summed E-state index contributed by atoms with van der Waals surface area (Å²) in [6.45, 7) is 0. The fraction of sp³-hybridized carbons (Fsp3) is 0. The molecule has 3 aromatic heterocycles. The Labute approximate surface area is 118 Å². The van der Waals surface area contributed by atoms with Crippen molar-refractivity contribution in [3.05, 3.63) is 60.8 Å². The minimum atomic E-state index is -0.634. The number of hydrogen-bond acceptors (Lipinski definition) is 5. The second-order valence-corrected chi connectivity index (χ2v) is 4.07. The van der Waals surface area contributed by atoms with Crippen molar-refractivity contribution in [1.29, 1.82) is 0 Å². The number of carbonyl (C=O) groups is 1. The maximum atomic E-state index is 12.7. The van der Waals surface area contributed by atoms with Gasteiger partial charge < -0.3 is 5.32 Å². The van der Waals surface area contributed by atoms with Crippen LogP contribution < -0.4 is 5.32 Å². The van der Waals surface area contributed by atoms with Gasteiger partial charge in [-0.15, -0.1) is 0 Å². The molecule has 0 aliphatic rings. The van der Waals surface area contributed by atoms with Gasteiger partial charge in [0.15, 0.2) is 5.82 Å². The third-order valence-electron chi connectivity index (χ3n) is 2.65. The largest absolute Gasteiger partial charge is 0.321 e. The maximum absolute atomic E-state index is 12.7. The Kier molecular flexibility index (Phi) is 3.34. The topological polar surface area (TPSA) is 85.6 Å². The molecule has 1 amide bonds. The molecule has 21 heavy (non-hydrogen) atoms. The van der Waals surface area contributed by atoms with E-state index in [1.54, 1.807) is 12.1 Å². The molecule has 0 fully saturated rings. The lowest BCUT2D eigenvalue weighted by molar-refractivity contribution is 0.102. The van der Waals surface area contributed by atoms with Crippen molar-refractivity contribution in [3.8, 4) is 5.82 Å². The Bertz CT molecular complexity index is 739. The Hall–Kier alpha value is -3.16. The first kappa shape index (κ1) is 12.9.